The number of rotatable bonds is 9. The Labute approximate surface area is 348 Å². The van der Waals surface area contributed by atoms with E-state index in [2.05, 4.69) is 10.6 Å². The van der Waals surface area contributed by atoms with E-state index in [1.54, 1.807) is 109 Å². The molecule has 1 aliphatic heterocycles. The number of hydrogen-bond donors (Lipinski definition) is 4. The van der Waals surface area contributed by atoms with Crippen molar-refractivity contribution < 1.29 is 62.7 Å². The van der Waals surface area contributed by atoms with Crippen molar-refractivity contribution in [3.8, 4) is 0 Å². The van der Waals surface area contributed by atoms with E-state index >= 15 is 4.79 Å². The van der Waals surface area contributed by atoms with Crippen LogP contribution in [0.2, 0.25) is 0 Å². The van der Waals surface area contributed by atoms with Crippen molar-refractivity contribution in [3.05, 3.63) is 95.1 Å². The van der Waals surface area contributed by atoms with Crippen molar-refractivity contribution in [2.75, 3.05) is 6.61 Å². The molecule has 4 N–H and O–H groups in total. The van der Waals surface area contributed by atoms with Gasteiger partial charge in [-0.25, -0.2) is 14.4 Å². The van der Waals surface area contributed by atoms with Crippen LogP contribution in [0.3, 0.4) is 0 Å². The lowest BCUT2D eigenvalue weighted by Gasteiger charge is -2.65. The largest absolute Gasteiger partial charge is 0.456 e. The van der Waals surface area contributed by atoms with Gasteiger partial charge in [0.25, 0.3) is 0 Å². The fourth-order valence-electron chi connectivity index (χ4n) is 9.44. The first kappa shape index (κ1) is 44.2. The predicted octanol–water partition coefficient (Wildman–Crippen LogP) is 4.21. The molecule has 60 heavy (non-hydrogen) atoms. The van der Waals surface area contributed by atoms with E-state index in [0.29, 0.717) is 5.56 Å². The summed E-state index contributed by atoms with van der Waals surface area (Å²) >= 11 is 0. The van der Waals surface area contributed by atoms with E-state index < -0.39 is 112 Å². The number of nitrogens with one attached hydrogen (secondary N) is 2. The zero-order valence-electron chi connectivity index (χ0n) is 35.3. The number of ketones is 1. The van der Waals surface area contributed by atoms with E-state index in [0.717, 1.165) is 6.92 Å². The molecular formula is C45H54N2O13. The molecule has 3 aliphatic carbocycles. The van der Waals surface area contributed by atoms with Crippen LogP contribution in [0, 0.1) is 16.7 Å². The Morgan fingerprint density at radius 3 is 2.07 bits per heavy atom. The average molecular weight is 831 g/mol. The number of aliphatic hydroxyl groups is 2. The fraction of sp³-hybridized carbons (Fsp3) is 0.511. The lowest BCUT2D eigenvalue weighted by atomic mass is 9.46. The maximum Gasteiger partial charge on any atom is 0.338 e. The molecule has 2 aromatic carbocycles. The molecule has 1 saturated carbocycles. The summed E-state index contributed by atoms with van der Waals surface area (Å²) in [5.74, 6) is -5.69. The van der Waals surface area contributed by atoms with Crippen molar-refractivity contribution in [2.24, 2.45) is 16.7 Å². The number of benzene rings is 2. The molecule has 2 bridgehead atoms. The van der Waals surface area contributed by atoms with E-state index in [1.165, 1.54) is 19.1 Å². The number of allylic oxidation sites excluding steroid dienone is 1. The topological polar surface area (TPSA) is 213 Å². The molecule has 322 valence electrons. The van der Waals surface area contributed by atoms with Crippen LogP contribution in [0.1, 0.15) is 90.7 Å². The maximum atomic E-state index is 15.4. The Morgan fingerprint density at radius 1 is 0.900 bits per heavy atom. The number of esters is 4. The minimum absolute atomic E-state index is 0.0772. The first-order valence-corrected chi connectivity index (χ1v) is 19.9. The standard InChI is InChI=1S/C45H54N2O13/c1-24-29(58-39(53)33(50)32(27-16-12-10-13-17-27)46-40(54)47-41(4,5)6)22-45(55)37(59-38(52)28-18-14-11-15-19-28)35-43(9,21-20-30-44(35,23-56-30)60-26(3)49)36(51)34(57-25(2)48)31(24)42(45,7)8/h10-21,29-30,32-35,37,50,55H,22-23H2,1-9H3,(H2,46,47,54)/t29-,30+,32-,33+,34+,35?,37-,43+,44-,45+/m0/s1. The van der Waals surface area contributed by atoms with Crippen molar-refractivity contribution in [1.82, 2.24) is 10.6 Å². The molecule has 15 heteroatoms. The molecule has 1 saturated heterocycles. The van der Waals surface area contributed by atoms with Gasteiger partial charge in [-0.2, -0.15) is 0 Å². The second-order valence-corrected chi connectivity index (χ2v) is 17.9. The maximum absolute atomic E-state index is 15.4. The number of carbonyl (C=O) groups excluding carboxylic acids is 6. The molecular weight excluding hydrogens is 776 g/mol. The zero-order chi connectivity index (χ0) is 44.2. The van der Waals surface area contributed by atoms with E-state index in [-0.39, 0.29) is 23.3 Å². The van der Waals surface area contributed by atoms with Gasteiger partial charge in [-0.05, 0) is 63.5 Å². The Hall–Kier alpha value is -5.38. The van der Waals surface area contributed by atoms with Crippen molar-refractivity contribution in [2.45, 2.75) is 122 Å². The fourth-order valence-corrected chi connectivity index (χ4v) is 9.44. The van der Waals surface area contributed by atoms with Gasteiger partial charge in [0.15, 0.2) is 23.6 Å². The molecule has 10 atom stereocenters. The molecule has 1 unspecified atom stereocenters. The minimum atomic E-state index is -2.30. The number of fused-ring (bicyclic) bond motifs is 5. The highest BCUT2D eigenvalue weighted by Crippen LogP contribution is 2.63. The Bertz CT molecular complexity index is 2110. The lowest BCUT2D eigenvalue weighted by Crippen LogP contribution is -2.78. The minimum Gasteiger partial charge on any atom is -0.456 e. The van der Waals surface area contributed by atoms with Crippen LogP contribution in [-0.4, -0.2) is 99.8 Å². The lowest BCUT2D eigenvalue weighted by molar-refractivity contribution is -0.306. The number of carbonyl (C=O) groups is 6. The summed E-state index contributed by atoms with van der Waals surface area (Å²) in [4.78, 5) is 82.8. The monoisotopic (exact) mass is 830 g/mol. The number of urea groups is 1. The molecule has 6 rings (SSSR count). The summed E-state index contributed by atoms with van der Waals surface area (Å²) in [6.45, 7) is 13.7. The molecule has 0 aromatic heterocycles. The molecule has 0 spiro atoms. The molecule has 4 aliphatic rings. The predicted molar refractivity (Wildman–Crippen MR) is 214 cm³/mol. The molecule has 1 heterocycles. The summed E-state index contributed by atoms with van der Waals surface area (Å²) in [5, 5.41) is 30.7. The highest BCUT2D eigenvalue weighted by Gasteiger charge is 2.75. The van der Waals surface area contributed by atoms with E-state index in [4.69, 9.17) is 23.7 Å². The Kier molecular flexibility index (Phi) is 11.7. The number of amides is 2. The van der Waals surface area contributed by atoms with Gasteiger partial charge in [0.1, 0.15) is 23.9 Å². The van der Waals surface area contributed by atoms with Gasteiger partial charge in [0, 0.05) is 31.2 Å². The van der Waals surface area contributed by atoms with Crippen molar-refractivity contribution in [3.63, 3.8) is 0 Å². The summed E-state index contributed by atoms with van der Waals surface area (Å²) in [6.07, 6.45) is -5.12. The third-order valence-corrected chi connectivity index (χ3v) is 12.3. The number of ether oxygens (including phenoxy) is 5. The van der Waals surface area contributed by atoms with Gasteiger partial charge >= 0.3 is 29.9 Å². The first-order valence-electron chi connectivity index (χ1n) is 19.9. The second kappa shape index (κ2) is 15.9. The summed E-state index contributed by atoms with van der Waals surface area (Å²) in [6, 6.07) is 14.3. The smallest absolute Gasteiger partial charge is 0.338 e. The van der Waals surface area contributed by atoms with Crippen molar-refractivity contribution in [1.29, 1.82) is 0 Å². The average Bonchev–Trinajstić information content (AvgIpc) is 3.15. The van der Waals surface area contributed by atoms with Crippen LogP contribution >= 0.6 is 0 Å². The molecule has 15 nitrogen and oxygen atoms in total. The third-order valence-electron chi connectivity index (χ3n) is 12.3. The molecule has 2 amide bonds. The van der Waals surface area contributed by atoms with Gasteiger partial charge in [-0.3, -0.25) is 14.4 Å². The van der Waals surface area contributed by atoms with Gasteiger partial charge in [-0.1, -0.05) is 74.5 Å². The summed E-state index contributed by atoms with van der Waals surface area (Å²) < 4.78 is 30.3. The van der Waals surface area contributed by atoms with Gasteiger partial charge in [0.05, 0.1) is 29.5 Å². The molecule has 2 fully saturated rings. The highest BCUT2D eigenvalue weighted by molar-refractivity contribution is 5.96. The quantitative estimate of drug-likeness (QED) is 0.159. The zero-order valence-corrected chi connectivity index (χ0v) is 35.3. The third kappa shape index (κ3) is 7.74. The van der Waals surface area contributed by atoms with Crippen molar-refractivity contribution >= 4 is 35.7 Å². The number of aliphatic hydroxyl groups excluding tert-OH is 1. The van der Waals surface area contributed by atoms with Crippen LogP contribution in [-0.2, 0) is 42.9 Å². The normalized spacial score (nSPS) is 31.3. The Morgan fingerprint density at radius 2 is 1.52 bits per heavy atom. The van der Waals surface area contributed by atoms with Gasteiger partial charge in [0.2, 0.25) is 0 Å². The molecule has 2 aromatic rings. The first-order chi connectivity index (χ1) is 28.0. The van der Waals surface area contributed by atoms with Crippen LogP contribution in [0.5, 0.6) is 0 Å². The number of hydrogen-bond acceptors (Lipinski definition) is 13. The van der Waals surface area contributed by atoms with Gasteiger partial charge in [-0.15, -0.1) is 0 Å². The summed E-state index contributed by atoms with van der Waals surface area (Å²) in [7, 11) is 0. The molecule has 0 radical (unpaired) electrons. The van der Waals surface area contributed by atoms with Crippen LogP contribution in [0.25, 0.3) is 0 Å². The van der Waals surface area contributed by atoms with Crippen LogP contribution < -0.4 is 10.6 Å². The van der Waals surface area contributed by atoms with Crippen LogP contribution in [0.4, 0.5) is 4.79 Å². The van der Waals surface area contributed by atoms with E-state index in [1.807, 2.05) is 0 Å². The number of Topliss-reactive ketones (excluding diaryl/α,β-unsaturated/α-hetero) is 1. The Balaban J connectivity index is 1.52. The van der Waals surface area contributed by atoms with Crippen LogP contribution in [0.15, 0.2) is 84.0 Å². The highest BCUT2D eigenvalue weighted by atomic mass is 16.6. The van der Waals surface area contributed by atoms with E-state index in [9.17, 15) is 34.2 Å². The summed E-state index contributed by atoms with van der Waals surface area (Å²) in [5.41, 5.74) is -7.18. The second-order valence-electron chi connectivity index (χ2n) is 17.9. The SMILES string of the molecule is CC(=O)O[C@H]1C(=O)[C@]2(C)C=C[C@H]3OC[C@@]3(OC(C)=O)C2[C@H](OC(=O)c2ccccc2)[C@]2(O)C[C@H](OC(=O)[C@H](O)[C@@H](NC(=O)NC(C)(C)C)c3ccccc3)C(C)=C1C2(C)C. The van der Waals surface area contributed by atoms with Gasteiger partial charge < -0.3 is 44.5 Å².